The second-order valence-electron chi connectivity index (χ2n) is 9.29. The third-order valence-corrected chi connectivity index (χ3v) is 6.46. The Kier molecular flexibility index (Phi) is 8.25. The van der Waals surface area contributed by atoms with Crippen molar-refractivity contribution < 1.29 is 28.6 Å². The van der Waals surface area contributed by atoms with Gasteiger partial charge < -0.3 is 14.2 Å². The first kappa shape index (κ1) is 27.3. The second kappa shape index (κ2) is 11.8. The van der Waals surface area contributed by atoms with Crippen LogP contribution in [-0.4, -0.2) is 24.8 Å². The molecule has 0 saturated carbocycles. The molecule has 0 radical (unpaired) electrons. The van der Waals surface area contributed by atoms with Crippen molar-refractivity contribution in [2.24, 2.45) is 0 Å². The first-order chi connectivity index (χ1) is 18.7. The highest BCUT2D eigenvalue weighted by Crippen LogP contribution is 2.46. The molecule has 4 rings (SSSR count). The molecule has 0 bridgehead atoms. The fourth-order valence-corrected chi connectivity index (χ4v) is 4.88. The third kappa shape index (κ3) is 6.07. The molecule has 0 unspecified atom stereocenters. The highest BCUT2D eigenvalue weighted by Gasteiger charge is 2.38. The number of carbonyl (C=O) groups excluding carboxylic acids is 3. The topological polar surface area (TPSA) is 78.9 Å². The van der Waals surface area contributed by atoms with Crippen LogP contribution in [0, 0.1) is 0 Å². The minimum absolute atomic E-state index is 0.0892. The van der Waals surface area contributed by atoms with Gasteiger partial charge in [-0.1, -0.05) is 60.7 Å². The highest BCUT2D eigenvalue weighted by molar-refractivity contribution is 5.78. The molecule has 0 aromatic heterocycles. The zero-order chi connectivity index (χ0) is 28.0. The Bertz CT molecular complexity index is 1310. The van der Waals surface area contributed by atoms with Gasteiger partial charge in [0.1, 0.15) is 23.0 Å². The molecule has 0 aliphatic rings. The van der Waals surface area contributed by atoms with E-state index in [0.29, 0.717) is 17.9 Å². The quantitative estimate of drug-likeness (QED) is 0.151. The van der Waals surface area contributed by atoms with Gasteiger partial charge in [-0.2, -0.15) is 0 Å². The van der Waals surface area contributed by atoms with E-state index in [1.165, 1.54) is 13.8 Å². The predicted octanol–water partition coefficient (Wildman–Crippen LogP) is 6.06. The maximum absolute atomic E-state index is 11.8. The number of ether oxygens (including phenoxy) is 3. The Morgan fingerprint density at radius 2 is 0.872 bits per heavy atom. The van der Waals surface area contributed by atoms with Gasteiger partial charge in [-0.05, 0) is 71.1 Å². The van der Waals surface area contributed by atoms with Crippen LogP contribution in [-0.2, 0) is 26.2 Å². The second-order valence-corrected chi connectivity index (χ2v) is 9.29. The third-order valence-electron chi connectivity index (χ3n) is 6.46. The monoisotopic (exact) mass is 522 g/mol. The van der Waals surface area contributed by atoms with Crippen molar-refractivity contribution in [2.75, 3.05) is 7.11 Å². The number of esters is 2. The molecule has 6 nitrogen and oxygen atoms in total. The van der Waals surface area contributed by atoms with E-state index in [-0.39, 0.29) is 5.78 Å². The lowest BCUT2D eigenvalue weighted by molar-refractivity contribution is -0.132. The summed E-state index contributed by atoms with van der Waals surface area (Å²) in [5, 5.41) is 0. The summed E-state index contributed by atoms with van der Waals surface area (Å²) in [6.07, 6.45) is 0.351. The van der Waals surface area contributed by atoms with E-state index < -0.39 is 17.4 Å². The van der Waals surface area contributed by atoms with E-state index in [0.717, 1.165) is 33.6 Å². The molecule has 39 heavy (non-hydrogen) atoms. The van der Waals surface area contributed by atoms with E-state index in [2.05, 4.69) is 0 Å². The smallest absolute Gasteiger partial charge is 0.308 e. The lowest BCUT2D eigenvalue weighted by Gasteiger charge is -2.37. The van der Waals surface area contributed by atoms with Crippen LogP contribution in [0.2, 0.25) is 0 Å². The number of ketones is 1. The van der Waals surface area contributed by atoms with Gasteiger partial charge >= 0.3 is 11.9 Å². The van der Waals surface area contributed by atoms with Crippen molar-refractivity contribution in [1.82, 2.24) is 0 Å². The molecule has 0 fully saturated rings. The number of Topliss-reactive ketones (excluding diaryl/α,β-unsaturated/α-hetero) is 1. The van der Waals surface area contributed by atoms with Crippen LogP contribution in [0.5, 0.6) is 17.2 Å². The van der Waals surface area contributed by atoms with Crippen LogP contribution in [0.15, 0.2) is 97.1 Å². The lowest BCUT2D eigenvalue weighted by Crippen LogP contribution is -2.31. The maximum Gasteiger partial charge on any atom is 0.308 e. The Morgan fingerprint density at radius 1 is 0.538 bits per heavy atom. The van der Waals surface area contributed by atoms with Gasteiger partial charge in [0.25, 0.3) is 0 Å². The van der Waals surface area contributed by atoms with Crippen molar-refractivity contribution in [1.29, 1.82) is 0 Å². The molecule has 4 aromatic rings. The minimum Gasteiger partial charge on any atom is -0.497 e. The van der Waals surface area contributed by atoms with Crippen LogP contribution >= 0.6 is 0 Å². The van der Waals surface area contributed by atoms with E-state index >= 15 is 0 Å². The van der Waals surface area contributed by atoms with Gasteiger partial charge in [0.05, 0.1) is 12.5 Å². The van der Waals surface area contributed by atoms with Crippen LogP contribution in [0.25, 0.3) is 0 Å². The first-order valence-electron chi connectivity index (χ1n) is 12.5. The Balaban J connectivity index is 1.99. The van der Waals surface area contributed by atoms with Gasteiger partial charge in [0.2, 0.25) is 0 Å². The van der Waals surface area contributed by atoms with Crippen LogP contribution in [0.3, 0.4) is 0 Å². The molecule has 4 aromatic carbocycles. The first-order valence-corrected chi connectivity index (χ1v) is 12.5. The molecular weight excluding hydrogens is 492 g/mol. The maximum atomic E-state index is 11.8. The SMILES string of the molecule is COc1ccc(C(c2ccc(CC(C)=O)cc2)(c2ccc(OC(C)=O)cc2)c2ccc(OC(C)=O)cc2)cc1. The standard InChI is InChI=1S/C33H30O6/c1-22(34)21-25-5-7-26(8-6-25)33(27-9-15-30(37-4)16-10-27,28-11-17-31(18-12-28)38-23(2)35)29-13-19-32(20-14-29)39-24(3)36/h5-20H,21H2,1-4H3. The molecule has 0 heterocycles. The minimum atomic E-state index is -0.815. The van der Waals surface area contributed by atoms with Crippen molar-refractivity contribution >= 4 is 17.7 Å². The van der Waals surface area contributed by atoms with Gasteiger partial charge in [-0.15, -0.1) is 0 Å². The van der Waals surface area contributed by atoms with Crippen molar-refractivity contribution in [2.45, 2.75) is 32.6 Å². The average molecular weight is 523 g/mol. The number of hydrogen-bond donors (Lipinski definition) is 0. The molecular formula is C33H30O6. The predicted molar refractivity (Wildman–Crippen MR) is 148 cm³/mol. The Labute approximate surface area is 228 Å². The molecule has 0 spiro atoms. The Hall–Kier alpha value is -4.71. The number of hydrogen-bond acceptors (Lipinski definition) is 6. The van der Waals surface area contributed by atoms with Crippen molar-refractivity contribution in [3.63, 3.8) is 0 Å². The van der Waals surface area contributed by atoms with E-state index in [9.17, 15) is 14.4 Å². The molecule has 0 amide bonds. The molecule has 0 atom stereocenters. The fourth-order valence-electron chi connectivity index (χ4n) is 4.88. The Morgan fingerprint density at radius 3 is 1.18 bits per heavy atom. The molecule has 0 aliphatic heterocycles. The summed E-state index contributed by atoms with van der Waals surface area (Å²) in [7, 11) is 1.62. The largest absolute Gasteiger partial charge is 0.497 e. The van der Waals surface area contributed by atoms with Gasteiger partial charge in [0.15, 0.2) is 0 Å². The van der Waals surface area contributed by atoms with Crippen LogP contribution < -0.4 is 14.2 Å². The summed E-state index contributed by atoms with van der Waals surface area (Å²) in [6, 6.07) is 30.7. The number of carbonyl (C=O) groups is 3. The zero-order valence-electron chi connectivity index (χ0n) is 22.4. The van der Waals surface area contributed by atoms with Gasteiger partial charge in [0, 0.05) is 20.3 Å². The summed E-state index contributed by atoms with van der Waals surface area (Å²) >= 11 is 0. The molecule has 198 valence electrons. The van der Waals surface area contributed by atoms with E-state index in [4.69, 9.17) is 14.2 Å². The van der Waals surface area contributed by atoms with Gasteiger partial charge in [-0.3, -0.25) is 14.4 Å². The molecule has 0 saturated heterocycles. The van der Waals surface area contributed by atoms with Crippen molar-refractivity contribution in [3.8, 4) is 17.2 Å². The number of methoxy groups -OCH3 is 1. The summed E-state index contributed by atoms with van der Waals surface area (Å²) in [5.74, 6) is 0.900. The summed E-state index contributed by atoms with van der Waals surface area (Å²) in [5.41, 5.74) is 3.87. The highest BCUT2D eigenvalue weighted by atomic mass is 16.5. The van der Waals surface area contributed by atoms with Crippen LogP contribution in [0.1, 0.15) is 48.6 Å². The molecule has 6 heteroatoms. The summed E-state index contributed by atoms with van der Waals surface area (Å²) in [4.78, 5) is 34.8. The number of rotatable bonds is 9. The fraction of sp³-hybridized carbons (Fsp3) is 0.182. The van der Waals surface area contributed by atoms with E-state index in [1.54, 1.807) is 38.3 Å². The molecule has 0 N–H and O–H groups in total. The zero-order valence-corrected chi connectivity index (χ0v) is 22.4. The lowest BCUT2D eigenvalue weighted by atomic mass is 9.65. The summed E-state index contributed by atoms with van der Waals surface area (Å²) < 4.78 is 16.0. The van der Waals surface area contributed by atoms with E-state index in [1.807, 2.05) is 72.8 Å². The van der Waals surface area contributed by atoms with Crippen LogP contribution in [0.4, 0.5) is 0 Å². The van der Waals surface area contributed by atoms with Gasteiger partial charge in [-0.25, -0.2) is 0 Å². The summed E-state index contributed by atoms with van der Waals surface area (Å²) in [6.45, 7) is 4.30. The number of benzene rings is 4. The van der Waals surface area contributed by atoms with Crippen molar-refractivity contribution in [3.05, 3.63) is 125 Å². The molecule has 0 aliphatic carbocycles. The average Bonchev–Trinajstić information content (AvgIpc) is 2.91. The normalized spacial score (nSPS) is 11.0.